The van der Waals surface area contributed by atoms with E-state index in [2.05, 4.69) is 4.57 Å². The van der Waals surface area contributed by atoms with Crippen LogP contribution in [0.15, 0.2) is 54.6 Å². The summed E-state index contributed by atoms with van der Waals surface area (Å²) in [4.78, 5) is 19.6. The van der Waals surface area contributed by atoms with Gasteiger partial charge in [0.05, 0.1) is 12.2 Å². The molecule has 156 valence electrons. The highest BCUT2D eigenvalue weighted by Gasteiger charge is 2.26. The first-order chi connectivity index (χ1) is 14.6. The number of aromatic nitrogens is 2. The molecule has 4 rings (SSSR count). The molecule has 0 saturated heterocycles. The quantitative estimate of drug-likeness (QED) is 0.602. The van der Waals surface area contributed by atoms with Crippen molar-refractivity contribution in [2.75, 3.05) is 20.2 Å². The molecule has 0 unspecified atom stereocenters. The number of benzene rings is 2. The molecule has 3 aromatic rings. The average molecular weight is 407 g/mol. The van der Waals surface area contributed by atoms with Gasteiger partial charge in [-0.25, -0.2) is 9.37 Å². The number of hydrogen-bond acceptors (Lipinski definition) is 3. The van der Waals surface area contributed by atoms with Crippen molar-refractivity contribution < 1.29 is 13.9 Å². The number of carbonyl (C=O) groups excluding carboxylic acids is 1. The van der Waals surface area contributed by atoms with Crippen molar-refractivity contribution in [3.05, 3.63) is 71.8 Å². The predicted octanol–water partition coefficient (Wildman–Crippen LogP) is 4.57. The maximum absolute atomic E-state index is 13.2. The fourth-order valence-corrected chi connectivity index (χ4v) is 3.81. The Morgan fingerprint density at radius 3 is 2.63 bits per heavy atom. The van der Waals surface area contributed by atoms with Gasteiger partial charge in [-0.2, -0.15) is 0 Å². The van der Waals surface area contributed by atoms with Crippen molar-refractivity contribution in [2.45, 2.75) is 32.2 Å². The first-order valence-corrected chi connectivity index (χ1v) is 10.4. The lowest BCUT2D eigenvalue weighted by molar-refractivity contribution is 0.0767. The smallest absolute Gasteiger partial charge is 0.274 e. The Bertz CT molecular complexity index is 999. The second-order valence-electron chi connectivity index (χ2n) is 7.59. The fourth-order valence-electron chi connectivity index (χ4n) is 3.81. The minimum Gasteiger partial charge on any atom is -0.492 e. The van der Waals surface area contributed by atoms with Crippen LogP contribution in [-0.4, -0.2) is 40.6 Å². The number of carbonyl (C=O) groups is 1. The highest BCUT2D eigenvalue weighted by Crippen LogP contribution is 2.27. The Balaban J connectivity index is 1.51. The van der Waals surface area contributed by atoms with Crippen LogP contribution in [0, 0.1) is 5.82 Å². The summed E-state index contributed by atoms with van der Waals surface area (Å²) in [5.41, 5.74) is 2.60. The number of nitrogens with zero attached hydrogens (tertiary/aromatic N) is 3. The van der Waals surface area contributed by atoms with Crippen LogP contribution in [-0.2, 0) is 13.0 Å². The largest absolute Gasteiger partial charge is 0.492 e. The molecule has 2 heterocycles. The van der Waals surface area contributed by atoms with E-state index in [0.29, 0.717) is 24.6 Å². The van der Waals surface area contributed by atoms with Gasteiger partial charge in [0.15, 0.2) is 0 Å². The molecule has 30 heavy (non-hydrogen) atoms. The summed E-state index contributed by atoms with van der Waals surface area (Å²) in [5.74, 6) is 1.06. The van der Waals surface area contributed by atoms with Crippen molar-refractivity contribution in [3.63, 3.8) is 0 Å². The third-order valence-corrected chi connectivity index (χ3v) is 5.46. The van der Waals surface area contributed by atoms with E-state index in [9.17, 15) is 9.18 Å². The number of ether oxygens (including phenoxy) is 1. The topological polar surface area (TPSA) is 47.4 Å². The van der Waals surface area contributed by atoms with Crippen molar-refractivity contribution in [1.82, 2.24) is 14.5 Å². The summed E-state index contributed by atoms with van der Waals surface area (Å²) in [7, 11) is 1.76. The minimum absolute atomic E-state index is 0.0921. The number of hydrogen-bond donors (Lipinski definition) is 0. The molecule has 6 heteroatoms. The van der Waals surface area contributed by atoms with Crippen molar-refractivity contribution in [2.24, 2.45) is 0 Å². The zero-order chi connectivity index (χ0) is 20.9. The Kier molecular flexibility index (Phi) is 6.12. The van der Waals surface area contributed by atoms with Crippen LogP contribution in [0.4, 0.5) is 4.39 Å². The van der Waals surface area contributed by atoms with Crippen LogP contribution in [0.5, 0.6) is 5.75 Å². The Morgan fingerprint density at radius 2 is 1.87 bits per heavy atom. The molecule has 0 N–H and O–H groups in total. The molecule has 1 amide bonds. The normalized spacial score (nSPS) is 13.4. The summed E-state index contributed by atoms with van der Waals surface area (Å²) >= 11 is 0. The molecule has 2 aromatic carbocycles. The van der Waals surface area contributed by atoms with Crippen LogP contribution in [0.2, 0.25) is 0 Å². The standard InChI is InChI=1S/C24H26FN3O2/c1-27(16-17-30-20-13-11-19(25)12-14-20)24(29)22-21-10-6-3-7-15-28(21)23(26-22)18-8-4-2-5-9-18/h2,4-5,8-9,11-14H,3,6-7,10,15-17H2,1H3. The van der Waals surface area contributed by atoms with Crippen LogP contribution in [0.25, 0.3) is 11.4 Å². The number of likely N-dealkylation sites (N-methyl/N-ethyl adjacent to an activating group) is 1. The molecular weight excluding hydrogens is 381 g/mol. The summed E-state index contributed by atoms with van der Waals surface area (Å²) in [5, 5.41) is 0. The monoisotopic (exact) mass is 407 g/mol. The van der Waals surface area contributed by atoms with E-state index in [1.807, 2.05) is 30.3 Å². The Morgan fingerprint density at radius 1 is 1.10 bits per heavy atom. The lowest BCUT2D eigenvalue weighted by Crippen LogP contribution is -2.32. The van der Waals surface area contributed by atoms with Gasteiger partial charge in [0.1, 0.15) is 29.7 Å². The zero-order valence-corrected chi connectivity index (χ0v) is 17.2. The second-order valence-corrected chi connectivity index (χ2v) is 7.59. The maximum atomic E-state index is 13.2. The molecule has 0 radical (unpaired) electrons. The van der Waals surface area contributed by atoms with Gasteiger partial charge in [0, 0.05) is 19.2 Å². The van der Waals surface area contributed by atoms with Crippen LogP contribution < -0.4 is 4.74 Å². The number of halogens is 1. The van der Waals surface area contributed by atoms with Gasteiger partial charge < -0.3 is 14.2 Å². The minimum atomic E-state index is -0.302. The first-order valence-electron chi connectivity index (χ1n) is 10.4. The average Bonchev–Trinajstić information content (AvgIpc) is 2.96. The SMILES string of the molecule is CN(CCOc1ccc(F)cc1)C(=O)c1nc(-c2ccccc2)n2c1CCCCC2. The maximum Gasteiger partial charge on any atom is 0.274 e. The van der Waals surface area contributed by atoms with Gasteiger partial charge in [-0.3, -0.25) is 4.79 Å². The second kappa shape index (κ2) is 9.11. The molecule has 0 fully saturated rings. The van der Waals surface area contributed by atoms with Gasteiger partial charge in [-0.05, 0) is 43.5 Å². The predicted molar refractivity (Wildman–Crippen MR) is 114 cm³/mol. The summed E-state index contributed by atoms with van der Waals surface area (Å²) in [6.07, 6.45) is 4.18. The van der Waals surface area contributed by atoms with E-state index in [1.165, 1.54) is 12.1 Å². The number of imidazole rings is 1. The molecule has 1 aliphatic heterocycles. The van der Waals surface area contributed by atoms with Crippen LogP contribution in [0.3, 0.4) is 0 Å². The Hall–Kier alpha value is -3.15. The summed E-state index contributed by atoms with van der Waals surface area (Å²) < 4.78 is 20.9. The van der Waals surface area contributed by atoms with E-state index >= 15 is 0 Å². The highest BCUT2D eigenvalue weighted by molar-refractivity contribution is 5.94. The van der Waals surface area contributed by atoms with Gasteiger partial charge in [0.2, 0.25) is 0 Å². The summed E-state index contributed by atoms with van der Waals surface area (Å²) in [6, 6.07) is 15.9. The first kappa shape index (κ1) is 20.1. The lowest BCUT2D eigenvalue weighted by atomic mass is 10.1. The van der Waals surface area contributed by atoms with Gasteiger partial charge in [-0.1, -0.05) is 36.8 Å². The van der Waals surface area contributed by atoms with Crippen LogP contribution >= 0.6 is 0 Å². The molecule has 1 aromatic heterocycles. The third-order valence-electron chi connectivity index (χ3n) is 5.46. The summed E-state index contributed by atoms with van der Waals surface area (Å²) in [6.45, 7) is 1.63. The Labute approximate surface area is 176 Å². The van der Waals surface area contributed by atoms with E-state index in [0.717, 1.165) is 49.3 Å². The van der Waals surface area contributed by atoms with Gasteiger partial charge >= 0.3 is 0 Å². The zero-order valence-electron chi connectivity index (χ0n) is 17.2. The lowest BCUT2D eigenvalue weighted by Gasteiger charge is -2.17. The number of amides is 1. The molecular formula is C24H26FN3O2. The van der Waals surface area contributed by atoms with Crippen molar-refractivity contribution in [1.29, 1.82) is 0 Å². The van der Waals surface area contributed by atoms with E-state index in [4.69, 9.17) is 9.72 Å². The van der Waals surface area contributed by atoms with Gasteiger partial charge in [0.25, 0.3) is 5.91 Å². The molecule has 5 nitrogen and oxygen atoms in total. The van der Waals surface area contributed by atoms with E-state index in [-0.39, 0.29) is 11.7 Å². The van der Waals surface area contributed by atoms with Crippen LogP contribution in [0.1, 0.15) is 35.4 Å². The van der Waals surface area contributed by atoms with E-state index < -0.39 is 0 Å². The third kappa shape index (κ3) is 4.37. The molecule has 0 atom stereocenters. The number of rotatable bonds is 6. The van der Waals surface area contributed by atoms with Crippen molar-refractivity contribution >= 4 is 5.91 Å². The number of fused-ring (bicyclic) bond motifs is 1. The molecule has 0 saturated carbocycles. The molecule has 0 bridgehead atoms. The highest BCUT2D eigenvalue weighted by atomic mass is 19.1. The fraction of sp³-hybridized carbons (Fsp3) is 0.333. The molecule has 1 aliphatic rings. The van der Waals surface area contributed by atoms with Crippen molar-refractivity contribution in [3.8, 4) is 17.1 Å². The van der Waals surface area contributed by atoms with E-state index in [1.54, 1.807) is 24.1 Å². The molecule has 0 spiro atoms. The van der Waals surface area contributed by atoms with Gasteiger partial charge in [-0.15, -0.1) is 0 Å². The molecule has 0 aliphatic carbocycles.